The maximum Gasteiger partial charge on any atom is 0.573 e. The van der Waals surface area contributed by atoms with Crippen LogP contribution in [0, 0.1) is 6.92 Å². The van der Waals surface area contributed by atoms with E-state index in [2.05, 4.69) is 4.74 Å². The van der Waals surface area contributed by atoms with Crippen LogP contribution in [0.15, 0.2) is 65.6 Å². The first-order valence-corrected chi connectivity index (χ1v) is 14.3. The molecule has 3 aromatic carbocycles. The molecule has 1 aliphatic heterocycles. The minimum atomic E-state index is -4.81. The van der Waals surface area contributed by atoms with Gasteiger partial charge in [-0.2, -0.15) is 4.31 Å². The Kier molecular flexibility index (Phi) is 7.30. The molecule has 212 valence electrons. The number of hydrogen-bond donors (Lipinski definition) is 1. The molecular formula is C29H28F3NO6S. The Balaban J connectivity index is 1.49. The second-order valence-electron chi connectivity index (χ2n) is 10.3. The monoisotopic (exact) mass is 575 g/mol. The number of rotatable bonds is 7. The third kappa shape index (κ3) is 5.66. The molecule has 11 heteroatoms. The number of carboxylic acid groups (broad SMARTS) is 1. The predicted molar refractivity (Wildman–Crippen MR) is 141 cm³/mol. The first-order valence-electron chi connectivity index (χ1n) is 12.8. The zero-order chi connectivity index (χ0) is 28.7. The van der Waals surface area contributed by atoms with Crippen LogP contribution < -0.4 is 9.47 Å². The van der Waals surface area contributed by atoms with Crippen LogP contribution in [-0.2, 0) is 26.8 Å². The number of sulfonamides is 1. The summed E-state index contributed by atoms with van der Waals surface area (Å²) < 4.78 is 76.8. The predicted octanol–water partition coefficient (Wildman–Crippen LogP) is 6.04. The highest BCUT2D eigenvalue weighted by Gasteiger charge is 2.45. The lowest BCUT2D eigenvalue weighted by atomic mass is 9.74. The van der Waals surface area contributed by atoms with E-state index < -0.39 is 29.0 Å². The summed E-state index contributed by atoms with van der Waals surface area (Å²) in [6.45, 7) is 1.56. The van der Waals surface area contributed by atoms with Crippen LogP contribution >= 0.6 is 0 Å². The maximum atomic E-state index is 13.9. The van der Waals surface area contributed by atoms with Crippen molar-refractivity contribution in [1.82, 2.24) is 4.31 Å². The van der Waals surface area contributed by atoms with E-state index in [0.29, 0.717) is 29.0 Å². The van der Waals surface area contributed by atoms with Gasteiger partial charge in [0.05, 0.1) is 4.90 Å². The number of aryl methyl sites for hydroxylation is 1. The molecule has 0 amide bonds. The fourth-order valence-corrected chi connectivity index (χ4v) is 7.43. The van der Waals surface area contributed by atoms with Gasteiger partial charge < -0.3 is 14.6 Å². The Hall–Kier alpha value is -3.57. The summed E-state index contributed by atoms with van der Waals surface area (Å²) in [4.78, 5) is 10.9. The number of alkyl halides is 3. The molecule has 0 unspecified atom stereocenters. The number of benzene rings is 3. The van der Waals surface area contributed by atoms with E-state index in [1.807, 2.05) is 18.2 Å². The smallest absolute Gasteiger partial charge is 0.482 e. The number of halogens is 3. The Labute approximate surface area is 230 Å². The van der Waals surface area contributed by atoms with Crippen LogP contribution in [0.5, 0.6) is 11.5 Å². The summed E-state index contributed by atoms with van der Waals surface area (Å²) in [5.41, 5.74) is 3.23. The van der Waals surface area contributed by atoms with E-state index in [4.69, 9.17) is 9.84 Å². The van der Waals surface area contributed by atoms with E-state index in [9.17, 15) is 26.4 Å². The molecule has 1 N–H and O–H groups in total. The normalized spacial score (nSPS) is 17.0. The van der Waals surface area contributed by atoms with Crippen LogP contribution in [0.1, 0.15) is 42.4 Å². The second-order valence-corrected chi connectivity index (χ2v) is 12.3. The van der Waals surface area contributed by atoms with Crippen molar-refractivity contribution < 1.29 is 41.0 Å². The summed E-state index contributed by atoms with van der Waals surface area (Å²) in [6.07, 6.45) is -1.19. The van der Waals surface area contributed by atoms with Crippen LogP contribution in [0.25, 0.3) is 11.1 Å². The zero-order valence-corrected chi connectivity index (χ0v) is 22.5. The Morgan fingerprint density at radius 1 is 1.02 bits per heavy atom. The van der Waals surface area contributed by atoms with E-state index in [0.717, 1.165) is 36.8 Å². The van der Waals surface area contributed by atoms with Gasteiger partial charge in [0.1, 0.15) is 11.5 Å². The summed E-state index contributed by atoms with van der Waals surface area (Å²) >= 11 is 0. The quantitative estimate of drug-likeness (QED) is 0.369. The van der Waals surface area contributed by atoms with E-state index in [-0.39, 0.29) is 22.6 Å². The highest BCUT2D eigenvalue weighted by molar-refractivity contribution is 7.89. The topological polar surface area (TPSA) is 93.1 Å². The van der Waals surface area contributed by atoms with Gasteiger partial charge in [0, 0.05) is 18.5 Å². The van der Waals surface area contributed by atoms with Gasteiger partial charge in [0.25, 0.3) is 0 Å². The van der Waals surface area contributed by atoms with Gasteiger partial charge in [0.2, 0.25) is 10.0 Å². The standard InChI is InChI=1S/C29H28F3NO6S/c1-19-13-24(8-10-26(19)38-17-27(34)35)40(36,37)33-16-22-14-21(7-9-25(22)28(18-33)11-2-3-12-28)20-5-4-6-23(15-20)39-29(30,31)32/h4-10,13-15H,2-3,11-12,16-18H2,1H3,(H,34,35). The molecule has 3 aromatic rings. The molecule has 40 heavy (non-hydrogen) atoms. The number of carbonyl (C=O) groups is 1. The lowest BCUT2D eigenvalue weighted by Crippen LogP contribution is -2.46. The van der Waals surface area contributed by atoms with Crippen molar-refractivity contribution >= 4 is 16.0 Å². The van der Waals surface area contributed by atoms with E-state index in [1.165, 1.54) is 40.7 Å². The van der Waals surface area contributed by atoms with Crippen molar-refractivity contribution in [3.05, 3.63) is 77.4 Å². The Morgan fingerprint density at radius 3 is 2.42 bits per heavy atom. The van der Waals surface area contributed by atoms with Gasteiger partial charge in [-0.25, -0.2) is 13.2 Å². The summed E-state index contributed by atoms with van der Waals surface area (Å²) in [5, 5.41) is 8.87. The fourth-order valence-electron chi connectivity index (χ4n) is 5.84. The van der Waals surface area contributed by atoms with Crippen molar-refractivity contribution in [1.29, 1.82) is 0 Å². The number of ether oxygens (including phenoxy) is 2. The van der Waals surface area contributed by atoms with Crippen molar-refractivity contribution in [2.24, 2.45) is 0 Å². The highest BCUT2D eigenvalue weighted by Crippen LogP contribution is 2.48. The van der Waals surface area contributed by atoms with Crippen molar-refractivity contribution in [2.45, 2.75) is 55.8 Å². The Bertz CT molecular complexity index is 1550. The van der Waals surface area contributed by atoms with Crippen LogP contribution in [-0.4, -0.2) is 43.3 Å². The molecule has 0 radical (unpaired) electrons. The SMILES string of the molecule is Cc1cc(S(=O)(=O)N2Cc3cc(-c4cccc(OC(F)(F)F)c4)ccc3C3(CCCC3)C2)ccc1OCC(=O)O. The van der Waals surface area contributed by atoms with Gasteiger partial charge in [-0.15, -0.1) is 13.2 Å². The van der Waals surface area contributed by atoms with Gasteiger partial charge in [-0.05, 0) is 84.0 Å². The largest absolute Gasteiger partial charge is 0.573 e. The lowest BCUT2D eigenvalue weighted by molar-refractivity contribution is -0.274. The van der Waals surface area contributed by atoms with Crippen LogP contribution in [0.2, 0.25) is 0 Å². The highest BCUT2D eigenvalue weighted by atomic mass is 32.2. The first-order chi connectivity index (χ1) is 18.9. The number of carboxylic acids is 1. The average molecular weight is 576 g/mol. The molecule has 7 nitrogen and oxygen atoms in total. The minimum absolute atomic E-state index is 0.0810. The third-order valence-corrected chi connectivity index (χ3v) is 9.39. The Morgan fingerprint density at radius 2 is 1.75 bits per heavy atom. The molecule has 1 aliphatic carbocycles. The maximum absolute atomic E-state index is 13.9. The molecule has 1 heterocycles. The molecule has 1 spiro atoms. The second kappa shape index (κ2) is 10.4. The van der Waals surface area contributed by atoms with Gasteiger partial charge in [-0.1, -0.05) is 37.1 Å². The van der Waals surface area contributed by atoms with Gasteiger partial charge in [0.15, 0.2) is 6.61 Å². The van der Waals surface area contributed by atoms with Crippen molar-refractivity contribution in [3.8, 4) is 22.6 Å². The first kappa shape index (κ1) is 28.0. The molecule has 2 aliphatic rings. The van der Waals surface area contributed by atoms with Gasteiger partial charge >= 0.3 is 12.3 Å². The van der Waals surface area contributed by atoms with Crippen molar-refractivity contribution in [3.63, 3.8) is 0 Å². The van der Waals surface area contributed by atoms with Gasteiger partial charge in [-0.3, -0.25) is 0 Å². The number of nitrogens with zero attached hydrogens (tertiary/aromatic N) is 1. The molecule has 0 atom stereocenters. The third-order valence-electron chi connectivity index (χ3n) is 7.60. The molecule has 1 fully saturated rings. The van der Waals surface area contributed by atoms with Crippen LogP contribution in [0.3, 0.4) is 0 Å². The van der Waals surface area contributed by atoms with Crippen molar-refractivity contribution in [2.75, 3.05) is 13.2 Å². The molecular weight excluding hydrogens is 547 g/mol. The summed E-state index contributed by atoms with van der Waals surface area (Å²) in [7, 11) is -3.93. The molecule has 0 bridgehead atoms. The lowest BCUT2D eigenvalue weighted by Gasteiger charge is -2.41. The summed E-state index contributed by atoms with van der Waals surface area (Å²) in [6, 6.07) is 15.8. The molecule has 1 saturated carbocycles. The molecule has 5 rings (SSSR count). The molecule has 0 saturated heterocycles. The van der Waals surface area contributed by atoms with E-state index >= 15 is 0 Å². The zero-order valence-electron chi connectivity index (χ0n) is 21.7. The number of fused-ring (bicyclic) bond motifs is 2. The number of aliphatic carboxylic acids is 1. The van der Waals surface area contributed by atoms with E-state index in [1.54, 1.807) is 13.0 Å². The minimum Gasteiger partial charge on any atom is -0.482 e. The molecule has 0 aromatic heterocycles. The van der Waals surface area contributed by atoms with Crippen LogP contribution in [0.4, 0.5) is 13.2 Å². The number of hydrogen-bond acceptors (Lipinski definition) is 5. The summed E-state index contributed by atoms with van der Waals surface area (Å²) in [5.74, 6) is -1.17. The fraction of sp³-hybridized carbons (Fsp3) is 0.345. The average Bonchev–Trinajstić information content (AvgIpc) is 3.35.